The zero-order chi connectivity index (χ0) is 7.72. The van der Waals surface area contributed by atoms with Crippen molar-refractivity contribution in [2.24, 2.45) is 0 Å². The minimum absolute atomic E-state index is 0.528. The van der Waals surface area contributed by atoms with Crippen LogP contribution in [0.2, 0.25) is 0 Å². The van der Waals surface area contributed by atoms with E-state index in [9.17, 15) is 0 Å². The maximum absolute atomic E-state index is 5.52. The molecule has 0 saturated heterocycles. The Morgan fingerprint density at radius 1 is 1.50 bits per heavy atom. The molecule has 0 aliphatic carbocycles. The third kappa shape index (κ3) is 1.47. The molecule has 0 unspecified atom stereocenters. The fraction of sp³-hybridized carbons (Fsp3) is 0. The van der Waals surface area contributed by atoms with Crippen LogP contribution in [-0.4, -0.2) is 4.98 Å². The molecule has 0 aliphatic rings. The molecule has 1 aromatic heterocycles. The standard InChI is InChI=1S/C5H6N2S3/c6-4-2(8)1-3(9)7-5(4)10/h1H,6H2,(H3,7,8,9,10). The molecule has 1 aromatic rings. The van der Waals surface area contributed by atoms with Crippen molar-refractivity contribution in [1.82, 2.24) is 4.98 Å². The summed E-state index contributed by atoms with van der Waals surface area (Å²) < 4.78 is 0.587. The van der Waals surface area contributed by atoms with Crippen LogP contribution < -0.4 is 5.73 Å². The van der Waals surface area contributed by atoms with E-state index in [1.54, 1.807) is 6.07 Å². The van der Waals surface area contributed by atoms with Gasteiger partial charge in [-0.15, -0.1) is 25.3 Å². The lowest BCUT2D eigenvalue weighted by Crippen LogP contribution is -1.91. The number of aromatic amines is 1. The van der Waals surface area contributed by atoms with Crippen molar-refractivity contribution in [3.63, 3.8) is 0 Å². The van der Waals surface area contributed by atoms with Crippen LogP contribution in [0.3, 0.4) is 0 Å². The molecule has 0 aromatic carbocycles. The van der Waals surface area contributed by atoms with Crippen LogP contribution in [0.25, 0.3) is 0 Å². The van der Waals surface area contributed by atoms with Gasteiger partial charge in [0.15, 0.2) is 0 Å². The van der Waals surface area contributed by atoms with Crippen LogP contribution >= 0.6 is 37.5 Å². The number of aromatic nitrogens is 1. The largest absolute Gasteiger partial charge is 0.396 e. The summed E-state index contributed by atoms with van der Waals surface area (Å²) in [5, 5.41) is 0.567. The first-order valence-corrected chi connectivity index (χ1v) is 3.82. The topological polar surface area (TPSA) is 41.8 Å². The van der Waals surface area contributed by atoms with E-state index >= 15 is 0 Å². The minimum Gasteiger partial charge on any atom is -0.396 e. The summed E-state index contributed by atoms with van der Waals surface area (Å²) in [5.74, 6) is 0. The van der Waals surface area contributed by atoms with Crippen LogP contribution in [0.5, 0.6) is 0 Å². The van der Waals surface area contributed by atoms with Crippen molar-refractivity contribution in [1.29, 1.82) is 0 Å². The van der Waals surface area contributed by atoms with E-state index < -0.39 is 0 Å². The van der Waals surface area contributed by atoms with E-state index in [4.69, 9.17) is 18.0 Å². The van der Waals surface area contributed by atoms with Gasteiger partial charge in [-0.25, -0.2) is 0 Å². The molecule has 0 radical (unpaired) electrons. The molecule has 0 amide bonds. The lowest BCUT2D eigenvalue weighted by atomic mass is 10.4. The average Bonchev–Trinajstić information content (AvgIpc) is 1.82. The molecular formula is C5H6N2S3. The number of nitrogen functional groups attached to an aromatic ring is 1. The van der Waals surface area contributed by atoms with Crippen molar-refractivity contribution in [2.75, 3.05) is 5.73 Å². The molecule has 0 atom stereocenters. The smallest absolute Gasteiger partial charge is 0.105 e. The van der Waals surface area contributed by atoms with E-state index in [2.05, 4.69) is 30.2 Å². The second-order valence-electron chi connectivity index (χ2n) is 1.78. The normalized spacial score (nSPS) is 9.80. The summed E-state index contributed by atoms with van der Waals surface area (Å²) in [7, 11) is 0. The summed E-state index contributed by atoms with van der Waals surface area (Å²) in [4.78, 5) is 3.45. The average molecular weight is 190 g/mol. The van der Waals surface area contributed by atoms with Crippen molar-refractivity contribution >= 4 is 43.2 Å². The minimum atomic E-state index is 0.528. The first-order valence-electron chi connectivity index (χ1n) is 2.52. The third-order valence-electron chi connectivity index (χ3n) is 1.04. The maximum Gasteiger partial charge on any atom is 0.105 e. The second-order valence-corrected chi connectivity index (χ2v) is 3.15. The number of anilines is 1. The molecule has 54 valence electrons. The summed E-state index contributed by atoms with van der Waals surface area (Å²) in [6.45, 7) is 0. The van der Waals surface area contributed by atoms with E-state index in [1.807, 2.05) is 0 Å². The first-order chi connectivity index (χ1) is 4.61. The molecule has 10 heavy (non-hydrogen) atoms. The van der Waals surface area contributed by atoms with Gasteiger partial charge in [0.2, 0.25) is 0 Å². The van der Waals surface area contributed by atoms with Crippen LogP contribution in [0.15, 0.2) is 16.0 Å². The lowest BCUT2D eigenvalue weighted by Gasteiger charge is -2.00. The van der Waals surface area contributed by atoms with E-state index in [0.29, 0.717) is 20.2 Å². The SMILES string of the molecule is Nc1c(S)cc(=S)[nH]c1S. The Labute approximate surface area is 74.7 Å². The Balaban J connectivity index is 3.46. The summed E-state index contributed by atoms with van der Waals surface area (Å²) in [6.07, 6.45) is 0. The van der Waals surface area contributed by atoms with Crippen LogP contribution in [0.4, 0.5) is 5.69 Å². The molecule has 0 aliphatic heterocycles. The summed E-state index contributed by atoms with van der Waals surface area (Å²) in [5.41, 5.74) is 6.05. The summed E-state index contributed by atoms with van der Waals surface area (Å²) >= 11 is 13.0. The van der Waals surface area contributed by atoms with Crippen molar-refractivity contribution in [2.45, 2.75) is 9.92 Å². The Morgan fingerprint density at radius 2 is 2.10 bits per heavy atom. The van der Waals surface area contributed by atoms with E-state index in [0.717, 1.165) is 0 Å². The number of nitrogens with two attached hydrogens (primary N) is 1. The fourth-order valence-corrected chi connectivity index (χ4v) is 1.50. The number of hydrogen-bond acceptors (Lipinski definition) is 4. The molecule has 3 N–H and O–H groups in total. The zero-order valence-electron chi connectivity index (χ0n) is 4.96. The molecule has 0 bridgehead atoms. The maximum atomic E-state index is 5.52. The Morgan fingerprint density at radius 3 is 2.60 bits per heavy atom. The molecule has 2 nitrogen and oxygen atoms in total. The van der Waals surface area contributed by atoms with Crippen LogP contribution in [0.1, 0.15) is 0 Å². The van der Waals surface area contributed by atoms with Gasteiger partial charge in [0.05, 0.1) is 10.7 Å². The van der Waals surface area contributed by atoms with Crippen molar-refractivity contribution in [3.05, 3.63) is 10.7 Å². The van der Waals surface area contributed by atoms with Gasteiger partial charge < -0.3 is 10.7 Å². The lowest BCUT2D eigenvalue weighted by molar-refractivity contribution is 1.09. The number of rotatable bonds is 0. The molecule has 0 saturated carbocycles. The van der Waals surface area contributed by atoms with Crippen molar-refractivity contribution < 1.29 is 0 Å². The second kappa shape index (κ2) is 2.86. The molecule has 0 fully saturated rings. The van der Waals surface area contributed by atoms with Gasteiger partial charge in [0.25, 0.3) is 0 Å². The number of pyridine rings is 1. The highest BCUT2D eigenvalue weighted by Gasteiger charge is 1.97. The fourth-order valence-electron chi connectivity index (χ4n) is 0.543. The van der Waals surface area contributed by atoms with E-state index in [-0.39, 0.29) is 0 Å². The molecule has 1 rings (SSSR count). The quantitative estimate of drug-likeness (QED) is 0.373. The predicted molar refractivity (Wildman–Crippen MR) is 50.5 cm³/mol. The zero-order valence-corrected chi connectivity index (χ0v) is 7.56. The predicted octanol–water partition coefficient (Wildman–Crippen LogP) is 1.90. The van der Waals surface area contributed by atoms with Crippen LogP contribution in [0, 0.1) is 4.64 Å². The summed E-state index contributed by atoms with van der Waals surface area (Å²) in [6, 6.07) is 1.67. The first kappa shape index (κ1) is 7.97. The van der Waals surface area contributed by atoms with Gasteiger partial charge in [-0.1, -0.05) is 12.2 Å². The Bertz CT molecular complexity index is 278. The molecule has 0 spiro atoms. The van der Waals surface area contributed by atoms with Gasteiger partial charge in [-0.2, -0.15) is 0 Å². The highest BCUT2D eigenvalue weighted by atomic mass is 32.1. The van der Waals surface area contributed by atoms with Gasteiger partial charge in [0.1, 0.15) is 4.64 Å². The molecular weight excluding hydrogens is 184 g/mol. The number of hydrogen-bond donors (Lipinski definition) is 4. The molecule has 1 heterocycles. The van der Waals surface area contributed by atoms with E-state index in [1.165, 1.54) is 0 Å². The third-order valence-corrected chi connectivity index (χ3v) is 1.98. The van der Waals surface area contributed by atoms with Gasteiger partial charge in [-0.05, 0) is 6.07 Å². The monoisotopic (exact) mass is 190 g/mol. The Kier molecular flexibility index (Phi) is 2.28. The Hall–Kier alpha value is -0.130. The highest BCUT2D eigenvalue weighted by Crippen LogP contribution is 2.21. The molecule has 5 heteroatoms. The van der Waals surface area contributed by atoms with Crippen LogP contribution in [-0.2, 0) is 0 Å². The van der Waals surface area contributed by atoms with Crippen molar-refractivity contribution in [3.8, 4) is 0 Å². The van der Waals surface area contributed by atoms with Gasteiger partial charge in [0, 0.05) is 4.90 Å². The number of nitrogens with one attached hydrogen (secondary N) is 1. The highest BCUT2D eigenvalue weighted by molar-refractivity contribution is 7.81. The number of H-pyrrole nitrogens is 1. The van der Waals surface area contributed by atoms with Gasteiger partial charge >= 0.3 is 0 Å². The number of thiol groups is 2. The van der Waals surface area contributed by atoms with Gasteiger partial charge in [-0.3, -0.25) is 0 Å².